The molecule has 2 amide bonds. The number of piperidine rings is 1. The van der Waals surface area contributed by atoms with E-state index in [9.17, 15) is 9.59 Å². The third kappa shape index (κ3) is 4.44. The van der Waals surface area contributed by atoms with Crippen molar-refractivity contribution in [3.8, 4) is 0 Å². The summed E-state index contributed by atoms with van der Waals surface area (Å²) in [6.07, 6.45) is 3.51. The van der Waals surface area contributed by atoms with E-state index in [4.69, 9.17) is 5.11 Å². The fourth-order valence-corrected chi connectivity index (χ4v) is 2.56. The van der Waals surface area contributed by atoms with Gasteiger partial charge in [0.2, 0.25) is 0 Å². The molecular weight excluding hydrogens is 270 g/mol. The summed E-state index contributed by atoms with van der Waals surface area (Å²) in [6.45, 7) is 5.83. The summed E-state index contributed by atoms with van der Waals surface area (Å²) in [4.78, 5) is 28.6. The number of likely N-dealkylation sites (tertiary alicyclic amines) is 1. The van der Waals surface area contributed by atoms with E-state index in [-0.39, 0.29) is 17.9 Å². The number of hydrogen-bond acceptors (Lipinski definition) is 3. The first kappa shape index (κ1) is 15.3. The molecule has 21 heavy (non-hydrogen) atoms. The van der Waals surface area contributed by atoms with Gasteiger partial charge in [-0.15, -0.1) is 0 Å². The normalized spacial score (nSPS) is 17.3. The van der Waals surface area contributed by atoms with Gasteiger partial charge in [-0.1, -0.05) is 13.8 Å². The monoisotopic (exact) mass is 291 g/mol. The molecule has 1 fully saturated rings. The zero-order valence-electron chi connectivity index (χ0n) is 12.4. The van der Waals surface area contributed by atoms with Crippen molar-refractivity contribution in [2.45, 2.75) is 33.1 Å². The second kappa shape index (κ2) is 6.11. The summed E-state index contributed by atoms with van der Waals surface area (Å²) in [5.41, 5.74) is 1.20. The first-order valence-corrected chi connectivity index (χ1v) is 7.08. The van der Waals surface area contributed by atoms with Crippen molar-refractivity contribution in [2.24, 2.45) is 5.41 Å². The molecule has 114 valence electrons. The highest BCUT2D eigenvalue weighted by atomic mass is 16.4. The standard InChI is InChI=1S/C15H21N3O3/c1-15(2)6-3-7-18(10-15)14(21)17-12-5-4-11(16-9-12)8-13(19)20/h4-5,9H,3,6-8,10H2,1-2H3,(H,17,21)(H,19,20). The zero-order chi connectivity index (χ0) is 15.5. The van der Waals surface area contributed by atoms with Crippen LogP contribution in [0.1, 0.15) is 32.4 Å². The highest BCUT2D eigenvalue weighted by Gasteiger charge is 2.29. The fourth-order valence-electron chi connectivity index (χ4n) is 2.56. The number of carbonyl (C=O) groups excluding carboxylic acids is 1. The van der Waals surface area contributed by atoms with E-state index in [1.807, 2.05) is 4.90 Å². The summed E-state index contributed by atoms with van der Waals surface area (Å²) in [5.74, 6) is -0.921. The van der Waals surface area contributed by atoms with Crippen molar-refractivity contribution in [3.05, 3.63) is 24.0 Å². The molecule has 1 aliphatic rings. The molecule has 1 aromatic heterocycles. The Morgan fingerprint density at radius 3 is 2.76 bits per heavy atom. The van der Waals surface area contributed by atoms with Gasteiger partial charge in [-0.3, -0.25) is 9.78 Å². The third-order valence-corrected chi connectivity index (χ3v) is 3.60. The smallest absolute Gasteiger partial charge is 0.321 e. The highest BCUT2D eigenvalue weighted by Crippen LogP contribution is 2.28. The van der Waals surface area contributed by atoms with Crippen molar-refractivity contribution in [3.63, 3.8) is 0 Å². The van der Waals surface area contributed by atoms with Crippen molar-refractivity contribution < 1.29 is 14.7 Å². The number of urea groups is 1. The SMILES string of the molecule is CC1(C)CCCN(C(=O)Nc2ccc(CC(=O)O)nc2)C1. The van der Waals surface area contributed by atoms with Crippen LogP contribution in [-0.2, 0) is 11.2 Å². The molecule has 6 heteroatoms. The second-order valence-electron chi connectivity index (χ2n) is 6.23. The maximum absolute atomic E-state index is 12.2. The van der Waals surface area contributed by atoms with Gasteiger partial charge in [0.1, 0.15) is 0 Å². The Bertz CT molecular complexity index is 525. The minimum Gasteiger partial charge on any atom is -0.481 e. The van der Waals surface area contributed by atoms with Gasteiger partial charge >= 0.3 is 12.0 Å². The van der Waals surface area contributed by atoms with Crippen LogP contribution in [0.5, 0.6) is 0 Å². The van der Waals surface area contributed by atoms with Gasteiger partial charge in [0.05, 0.1) is 24.0 Å². The first-order chi connectivity index (χ1) is 9.85. The third-order valence-electron chi connectivity index (χ3n) is 3.60. The molecule has 0 aromatic carbocycles. The molecule has 2 N–H and O–H groups in total. The minimum absolute atomic E-state index is 0.117. The lowest BCUT2D eigenvalue weighted by molar-refractivity contribution is -0.136. The van der Waals surface area contributed by atoms with Gasteiger partial charge in [0, 0.05) is 13.1 Å². The summed E-state index contributed by atoms with van der Waals surface area (Å²) in [7, 11) is 0. The Balaban J connectivity index is 1.94. The number of pyridine rings is 1. The van der Waals surface area contributed by atoms with E-state index in [2.05, 4.69) is 24.1 Å². The molecular formula is C15H21N3O3. The maximum Gasteiger partial charge on any atom is 0.321 e. The Morgan fingerprint density at radius 2 is 2.19 bits per heavy atom. The van der Waals surface area contributed by atoms with Gasteiger partial charge in [-0.05, 0) is 30.4 Å². The molecule has 0 aliphatic carbocycles. The van der Waals surface area contributed by atoms with Crippen molar-refractivity contribution >= 4 is 17.7 Å². The number of nitrogens with zero attached hydrogens (tertiary/aromatic N) is 2. The van der Waals surface area contributed by atoms with Crippen molar-refractivity contribution in [2.75, 3.05) is 18.4 Å². The van der Waals surface area contributed by atoms with Crippen molar-refractivity contribution in [1.82, 2.24) is 9.88 Å². The summed E-state index contributed by atoms with van der Waals surface area (Å²) in [6, 6.07) is 3.16. The zero-order valence-corrected chi connectivity index (χ0v) is 12.4. The summed E-state index contributed by atoms with van der Waals surface area (Å²) in [5, 5.41) is 11.5. The number of carboxylic acid groups (broad SMARTS) is 1. The molecule has 2 rings (SSSR count). The number of carboxylic acids is 1. The minimum atomic E-state index is -0.921. The molecule has 0 bridgehead atoms. The molecule has 1 aromatic rings. The molecule has 0 unspecified atom stereocenters. The van der Waals surface area contributed by atoms with Crippen LogP contribution in [0.15, 0.2) is 18.3 Å². The Hall–Kier alpha value is -2.11. The second-order valence-corrected chi connectivity index (χ2v) is 6.23. The van der Waals surface area contributed by atoms with Gasteiger partial charge < -0.3 is 15.3 Å². The number of aromatic nitrogens is 1. The van der Waals surface area contributed by atoms with E-state index >= 15 is 0 Å². The summed E-state index contributed by atoms with van der Waals surface area (Å²) >= 11 is 0. The lowest BCUT2D eigenvalue weighted by Gasteiger charge is -2.37. The van der Waals surface area contributed by atoms with Gasteiger partial charge in [0.15, 0.2) is 0 Å². The Kier molecular flexibility index (Phi) is 4.45. The highest BCUT2D eigenvalue weighted by molar-refractivity contribution is 5.89. The molecule has 0 radical (unpaired) electrons. The van der Waals surface area contributed by atoms with Crippen LogP contribution in [0.25, 0.3) is 0 Å². The maximum atomic E-state index is 12.2. The van der Waals surface area contributed by atoms with Crippen LogP contribution >= 0.6 is 0 Å². The lowest BCUT2D eigenvalue weighted by Crippen LogP contribution is -2.45. The van der Waals surface area contributed by atoms with E-state index in [0.29, 0.717) is 11.4 Å². The van der Waals surface area contributed by atoms with Crippen LogP contribution in [0, 0.1) is 5.41 Å². The first-order valence-electron chi connectivity index (χ1n) is 7.08. The van der Waals surface area contributed by atoms with Crippen LogP contribution in [0.2, 0.25) is 0 Å². The van der Waals surface area contributed by atoms with Gasteiger partial charge in [-0.25, -0.2) is 4.79 Å². The number of amides is 2. The van der Waals surface area contributed by atoms with E-state index < -0.39 is 5.97 Å². The van der Waals surface area contributed by atoms with Crippen LogP contribution in [0.4, 0.5) is 10.5 Å². The molecule has 2 heterocycles. The number of nitrogens with one attached hydrogen (secondary N) is 1. The molecule has 0 spiro atoms. The summed E-state index contributed by atoms with van der Waals surface area (Å²) < 4.78 is 0. The predicted molar refractivity (Wildman–Crippen MR) is 79.2 cm³/mol. The number of carbonyl (C=O) groups is 2. The number of aliphatic carboxylic acids is 1. The van der Waals surface area contributed by atoms with Crippen LogP contribution < -0.4 is 5.32 Å². The number of anilines is 1. The molecule has 1 aliphatic heterocycles. The van der Waals surface area contributed by atoms with Crippen LogP contribution in [0.3, 0.4) is 0 Å². The molecule has 6 nitrogen and oxygen atoms in total. The van der Waals surface area contributed by atoms with E-state index in [1.54, 1.807) is 12.1 Å². The average molecular weight is 291 g/mol. The predicted octanol–water partition coefficient (Wildman–Crippen LogP) is 2.36. The van der Waals surface area contributed by atoms with E-state index in [0.717, 1.165) is 25.9 Å². The Morgan fingerprint density at radius 1 is 1.43 bits per heavy atom. The van der Waals surface area contributed by atoms with Crippen LogP contribution in [-0.4, -0.2) is 40.1 Å². The number of hydrogen-bond donors (Lipinski definition) is 2. The lowest BCUT2D eigenvalue weighted by atomic mass is 9.84. The Labute approximate surface area is 124 Å². The molecule has 0 saturated carbocycles. The average Bonchev–Trinajstić information content (AvgIpc) is 2.39. The quantitative estimate of drug-likeness (QED) is 0.895. The largest absolute Gasteiger partial charge is 0.481 e. The molecule has 1 saturated heterocycles. The van der Waals surface area contributed by atoms with E-state index in [1.165, 1.54) is 6.20 Å². The fraction of sp³-hybridized carbons (Fsp3) is 0.533. The van der Waals surface area contributed by atoms with Gasteiger partial charge in [0.25, 0.3) is 0 Å². The van der Waals surface area contributed by atoms with Gasteiger partial charge in [-0.2, -0.15) is 0 Å². The topological polar surface area (TPSA) is 82.5 Å². The molecule has 0 atom stereocenters. The number of rotatable bonds is 3. The van der Waals surface area contributed by atoms with Crippen molar-refractivity contribution in [1.29, 1.82) is 0 Å².